The minimum Gasteiger partial charge on any atom is -0.427 e. The van der Waals surface area contributed by atoms with Crippen molar-refractivity contribution >= 4 is 5.97 Å². The maximum Gasteiger partial charge on any atom is 0.308 e. The summed E-state index contributed by atoms with van der Waals surface area (Å²) in [5, 5.41) is 0. The first-order chi connectivity index (χ1) is 12.4. The number of rotatable bonds is 4. The largest absolute Gasteiger partial charge is 0.427 e. The van der Waals surface area contributed by atoms with Crippen molar-refractivity contribution in [2.24, 2.45) is 0 Å². The van der Waals surface area contributed by atoms with Gasteiger partial charge >= 0.3 is 5.97 Å². The Morgan fingerprint density at radius 3 is 1.62 bits per heavy atom. The molecule has 0 fully saturated rings. The molecular formula is C24H24O2. The van der Waals surface area contributed by atoms with E-state index in [1.165, 1.54) is 23.6 Å². The number of esters is 1. The Labute approximate surface area is 155 Å². The third-order valence-corrected chi connectivity index (χ3v) is 4.83. The first-order valence-corrected chi connectivity index (χ1v) is 8.83. The van der Waals surface area contributed by atoms with Crippen molar-refractivity contribution in [2.45, 2.75) is 33.1 Å². The zero-order chi connectivity index (χ0) is 18.7. The molecule has 0 amide bonds. The van der Waals surface area contributed by atoms with Gasteiger partial charge in [-0.3, -0.25) is 4.79 Å². The molecule has 0 saturated carbocycles. The highest BCUT2D eigenvalue weighted by molar-refractivity contribution is 5.70. The van der Waals surface area contributed by atoms with Crippen LogP contribution in [0, 0.1) is 6.92 Å². The summed E-state index contributed by atoms with van der Waals surface area (Å²) in [7, 11) is 0. The SMILES string of the molecule is CC(=O)Oc1ccc(-c2ccc(C(C)(C)c3ccc(C)cc3)cc2)cc1. The van der Waals surface area contributed by atoms with E-state index in [9.17, 15) is 4.79 Å². The molecule has 0 N–H and O–H groups in total. The summed E-state index contributed by atoms with van der Waals surface area (Å²) in [6.07, 6.45) is 0. The number of carbonyl (C=O) groups is 1. The predicted molar refractivity (Wildman–Crippen MR) is 106 cm³/mol. The molecule has 2 heteroatoms. The Morgan fingerprint density at radius 2 is 1.15 bits per heavy atom. The smallest absolute Gasteiger partial charge is 0.308 e. The summed E-state index contributed by atoms with van der Waals surface area (Å²) in [5.41, 5.74) is 6.05. The first kappa shape index (κ1) is 17.9. The highest BCUT2D eigenvalue weighted by Gasteiger charge is 2.22. The van der Waals surface area contributed by atoms with Gasteiger partial charge in [0.25, 0.3) is 0 Å². The van der Waals surface area contributed by atoms with Crippen LogP contribution in [-0.2, 0) is 10.2 Å². The Balaban J connectivity index is 1.83. The molecule has 3 rings (SSSR count). The molecule has 26 heavy (non-hydrogen) atoms. The van der Waals surface area contributed by atoms with E-state index in [-0.39, 0.29) is 11.4 Å². The van der Waals surface area contributed by atoms with E-state index in [2.05, 4.69) is 69.3 Å². The maximum atomic E-state index is 11.0. The van der Waals surface area contributed by atoms with Crippen LogP contribution in [0.15, 0.2) is 72.8 Å². The van der Waals surface area contributed by atoms with Gasteiger partial charge in [0.05, 0.1) is 0 Å². The molecule has 3 aromatic rings. The summed E-state index contributed by atoms with van der Waals surface area (Å²) in [5.74, 6) is 0.263. The van der Waals surface area contributed by atoms with Gasteiger partial charge in [-0.15, -0.1) is 0 Å². The quantitative estimate of drug-likeness (QED) is 0.434. The monoisotopic (exact) mass is 344 g/mol. The van der Waals surface area contributed by atoms with Crippen molar-refractivity contribution in [3.05, 3.63) is 89.5 Å². The third kappa shape index (κ3) is 3.85. The van der Waals surface area contributed by atoms with Crippen molar-refractivity contribution in [1.82, 2.24) is 0 Å². The minimum absolute atomic E-state index is 0.0502. The molecule has 0 unspecified atom stereocenters. The number of hydrogen-bond donors (Lipinski definition) is 0. The average molecular weight is 344 g/mol. The van der Waals surface area contributed by atoms with Gasteiger partial charge in [-0.25, -0.2) is 0 Å². The molecule has 2 nitrogen and oxygen atoms in total. The molecule has 0 aromatic heterocycles. The lowest BCUT2D eigenvalue weighted by molar-refractivity contribution is -0.131. The van der Waals surface area contributed by atoms with Crippen LogP contribution in [0.5, 0.6) is 5.75 Å². The van der Waals surface area contributed by atoms with Gasteiger partial charge in [-0.2, -0.15) is 0 Å². The molecule has 132 valence electrons. The van der Waals surface area contributed by atoms with Gasteiger partial charge in [-0.1, -0.05) is 80.1 Å². The van der Waals surface area contributed by atoms with Gasteiger partial charge in [0, 0.05) is 12.3 Å². The topological polar surface area (TPSA) is 26.3 Å². The van der Waals surface area contributed by atoms with Crippen molar-refractivity contribution in [1.29, 1.82) is 0 Å². The predicted octanol–water partition coefficient (Wildman–Crippen LogP) is 5.91. The summed E-state index contributed by atoms with van der Waals surface area (Å²) < 4.78 is 5.09. The fraction of sp³-hybridized carbons (Fsp3) is 0.208. The van der Waals surface area contributed by atoms with Gasteiger partial charge < -0.3 is 4.74 Å². The van der Waals surface area contributed by atoms with Gasteiger partial charge in [0.2, 0.25) is 0 Å². The van der Waals surface area contributed by atoms with E-state index in [0.717, 1.165) is 11.1 Å². The summed E-state index contributed by atoms with van der Waals surface area (Å²) in [6, 6.07) is 25.0. The standard InChI is InChI=1S/C24H24O2/c1-17-5-11-21(12-6-17)24(3,4)22-13-7-19(8-14-22)20-9-15-23(16-10-20)26-18(2)25/h5-16H,1-4H3. The van der Waals surface area contributed by atoms with Crippen molar-refractivity contribution in [3.63, 3.8) is 0 Å². The highest BCUT2D eigenvalue weighted by atomic mass is 16.5. The molecule has 0 aliphatic heterocycles. The van der Waals surface area contributed by atoms with Crippen LogP contribution in [0.1, 0.15) is 37.5 Å². The molecule has 0 radical (unpaired) electrons. The normalized spacial score (nSPS) is 11.2. The molecule has 0 bridgehead atoms. The molecule has 0 aliphatic rings. The number of benzene rings is 3. The van der Waals surface area contributed by atoms with E-state index >= 15 is 0 Å². The van der Waals surface area contributed by atoms with E-state index in [1.54, 1.807) is 0 Å². The Bertz CT molecular complexity index is 886. The van der Waals surface area contributed by atoms with Crippen LogP contribution < -0.4 is 4.74 Å². The Kier molecular flexibility index (Phi) is 4.94. The van der Waals surface area contributed by atoms with Crippen LogP contribution in [0.2, 0.25) is 0 Å². The lowest BCUT2D eigenvalue weighted by atomic mass is 9.77. The Hall–Kier alpha value is -2.87. The summed E-state index contributed by atoms with van der Waals surface area (Å²) >= 11 is 0. The van der Waals surface area contributed by atoms with Crippen LogP contribution >= 0.6 is 0 Å². The maximum absolute atomic E-state index is 11.0. The molecule has 0 aliphatic carbocycles. The zero-order valence-corrected chi connectivity index (χ0v) is 15.7. The van der Waals surface area contributed by atoms with E-state index in [0.29, 0.717) is 5.75 Å². The number of aryl methyl sites for hydroxylation is 1. The van der Waals surface area contributed by atoms with Crippen molar-refractivity contribution < 1.29 is 9.53 Å². The lowest BCUT2D eigenvalue weighted by Crippen LogP contribution is -2.18. The van der Waals surface area contributed by atoms with Gasteiger partial charge in [-0.05, 0) is 41.3 Å². The van der Waals surface area contributed by atoms with E-state index < -0.39 is 0 Å². The number of carbonyl (C=O) groups excluding carboxylic acids is 1. The molecule has 0 atom stereocenters. The van der Waals surface area contributed by atoms with E-state index in [4.69, 9.17) is 4.74 Å². The zero-order valence-electron chi connectivity index (χ0n) is 15.7. The number of hydrogen-bond acceptors (Lipinski definition) is 2. The molecular weight excluding hydrogens is 320 g/mol. The fourth-order valence-corrected chi connectivity index (χ4v) is 3.10. The summed E-state index contributed by atoms with van der Waals surface area (Å²) in [4.78, 5) is 11.0. The van der Waals surface area contributed by atoms with Gasteiger partial charge in [0.15, 0.2) is 0 Å². The fourth-order valence-electron chi connectivity index (χ4n) is 3.10. The van der Waals surface area contributed by atoms with E-state index in [1.807, 2.05) is 24.3 Å². The molecule has 3 aromatic carbocycles. The second-order valence-electron chi connectivity index (χ2n) is 7.19. The molecule has 0 spiro atoms. The second-order valence-corrected chi connectivity index (χ2v) is 7.19. The van der Waals surface area contributed by atoms with Crippen molar-refractivity contribution in [3.8, 4) is 16.9 Å². The first-order valence-electron chi connectivity index (χ1n) is 8.83. The lowest BCUT2D eigenvalue weighted by Gasteiger charge is -2.26. The Morgan fingerprint density at radius 1 is 0.731 bits per heavy atom. The van der Waals surface area contributed by atoms with Crippen molar-refractivity contribution in [2.75, 3.05) is 0 Å². The van der Waals surface area contributed by atoms with Crippen LogP contribution in [0.25, 0.3) is 11.1 Å². The molecule has 0 heterocycles. The molecule has 0 saturated heterocycles. The number of ether oxygens (including phenoxy) is 1. The van der Waals surface area contributed by atoms with Gasteiger partial charge in [0.1, 0.15) is 5.75 Å². The van der Waals surface area contributed by atoms with Crippen LogP contribution in [0.3, 0.4) is 0 Å². The average Bonchev–Trinajstić information content (AvgIpc) is 2.62. The van der Waals surface area contributed by atoms with Crippen LogP contribution in [-0.4, -0.2) is 5.97 Å². The second kappa shape index (κ2) is 7.17. The third-order valence-electron chi connectivity index (χ3n) is 4.83. The highest BCUT2D eigenvalue weighted by Crippen LogP contribution is 2.33. The minimum atomic E-state index is -0.305. The summed E-state index contributed by atoms with van der Waals surface area (Å²) in [6.45, 7) is 8.02. The van der Waals surface area contributed by atoms with Crippen LogP contribution in [0.4, 0.5) is 0 Å².